The van der Waals surface area contributed by atoms with Crippen LogP contribution in [0.4, 0.5) is 0 Å². The van der Waals surface area contributed by atoms with E-state index < -0.39 is 0 Å². The van der Waals surface area contributed by atoms with Crippen LogP contribution in [0.3, 0.4) is 0 Å². The van der Waals surface area contributed by atoms with E-state index in [1.165, 1.54) is 0 Å². The van der Waals surface area contributed by atoms with Crippen LogP contribution in [-0.2, 0) is 4.84 Å². The Kier molecular flexibility index (Phi) is 4.30. The average Bonchev–Trinajstić information content (AvgIpc) is 2.40. The van der Waals surface area contributed by atoms with Gasteiger partial charge in [0.1, 0.15) is 0 Å². The van der Waals surface area contributed by atoms with E-state index in [1.807, 2.05) is 51.1 Å². The minimum absolute atomic E-state index is 0.00317. The normalized spacial score (nSPS) is 13.2. The molecule has 0 bridgehead atoms. The first-order valence-corrected chi connectivity index (χ1v) is 6.45. The van der Waals surface area contributed by atoms with E-state index in [9.17, 15) is 0 Å². The predicted molar refractivity (Wildman–Crippen MR) is 76.5 cm³/mol. The quantitative estimate of drug-likeness (QED) is 0.850. The van der Waals surface area contributed by atoms with Crippen molar-refractivity contribution in [3.8, 4) is 0 Å². The van der Waals surface area contributed by atoms with Gasteiger partial charge in [0.2, 0.25) is 0 Å². The molecule has 3 heteroatoms. The molecule has 0 aliphatic carbocycles. The lowest BCUT2D eigenvalue weighted by Crippen LogP contribution is -2.32. The molecule has 19 heavy (non-hydrogen) atoms. The van der Waals surface area contributed by atoms with Crippen molar-refractivity contribution in [2.45, 2.75) is 32.4 Å². The molecule has 0 amide bonds. The third-order valence-electron chi connectivity index (χ3n) is 2.66. The summed E-state index contributed by atoms with van der Waals surface area (Å²) in [4.78, 5) is 9.79. The predicted octanol–water partition coefficient (Wildman–Crippen LogP) is 3.49. The van der Waals surface area contributed by atoms with Gasteiger partial charge in [0.05, 0.1) is 11.6 Å². The highest BCUT2D eigenvalue weighted by atomic mass is 16.7. The smallest absolute Gasteiger partial charge is 0.0823 e. The van der Waals surface area contributed by atoms with Gasteiger partial charge in [-0.2, -0.15) is 5.48 Å². The molecule has 2 rings (SSSR count). The number of pyridine rings is 1. The zero-order chi connectivity index (χ0) is 13.7. The van der Waals surface area contributed by atoms with Gasteiger partial charge < -0.3 is 0 Å². The zero-order valence-corrected chi connectivity index (χ0v) is 11.6. The molecule has 1 heterocycles. The minimum atomic E-state index is -0.236. The second-order valence-electron chi connectivity index (χ2n) is 5.46. The topological polar surface area (TPSA) is 34.1 Å². The van der Waals surface area contributed by atoms with Gasteiger partial charge in [-0.15, -0.1) is 0 Å². The average molecular weight is 256 g/mol. The Balaban J connectivity index is 2.24. The van der Waals surface area contributed by atoms with Crippen molar-refractivity contribution >= 4 is 0 Å². The molecule has 100 valence electrons. The summed E-state index contributed by atoms with van der Waals surface area (Å²) in [5, 5.41) is 0. The van der Waals surface area contributed by atoms with Gasteiger partial charge in [-0.1, -0.05) is 30.3 Å². The van der Waals surface area contributed by atoms with Gasteiger partial charge in [-0.3, -0.25) is 9.82 Å². The van der Waals surface area contributed by atoms with Gasteiger partial charge in [0.25, 0.3) is 0 Å². The van der Waals surface area contributed by atoms with Crippen LogP contribution in [0.5, 0.6) is 0 Å². The highest BCUT2D eigenvalue weighted by molar-refractivity contribution is 5.29. The molecule has 0 aliphatic rings. The van der Waals surface area contributed by atoms with Crippen LogP contribution < -0.4 is 5.48 Å². The van der Waals surface area contributed by atoms with Gasteiger partial charge >= 0.3 is 0 Å². The SMILES string of the molecule is CC(C)(C)ONC(c1ccccc1)c1ccncc1. The van der Waals surface area contributed by atoms with E-state index in [-0.39, 0.29) is 11.6 Å². The Morgan fingerprint density at radius 2 is 1.53 bits per heavy atom. The number of aromatic nitrogens is 1. The lowest BCUT2D eigenvalue weighted by molar-refractivity contribution is -0.0836. The number of rotatable bonds is 4. The third kappa shape index (κ3) is 4.16. The molecular weight excluding hydrogens is 236 g/mol. The van der Waals surface area contributed by atoms with E-state index in [0.29, 0.717) is 0 Å². The monoisotopic (exact) mass is 256 g/mol. The first-order valence-electron chi connectivity index (χ1n) is 6.45. The number of benzene rings is 1. The fourth-order valence-corrected chi connectivity index (χ4v) is 1.77. The van der Waals surface area contributed by atoms with Gasteiger partial charge in [-0.25, -0.2) is 0 Å². The van der Waals surface area contributed by atoms with E-state index in [0.717, 1.165) is 11.1 Å². The van der Waals surface area contributed by atoms with Crippen molar-refractivity contribution in [1.29, 1.82) is 0 Å². The van der Waals surface area contributed by atoms with Crippen molar-refractivity contribution in [3.63, 3.8) is 0 Å². The molecular formula is C16H20N2O. The molecule has 0 saturated carbocycles. The Hall–Kier alpha value is -1.71. The number of hydrogen-bond donors (Lipinski definition) is 1. The lowest BCUT2D eigenvalue weighted by atomic mass is 10.0. The first-order chi connectivity index (χ1) is 9.06. The number of nitrogens with one attached hydrogen (secondary N) is 1. The van der Waals surface area contributed by atoms with Crippen molar-refractivity contribution in [1.82, 2.24) is 10.5 Å². The Morgan fingerprint density at radius 1 is 0.947 bits per heavy atom. The van der Waals surface area contributed by atoms with E-state index in [2.05, 4.69) is 22.6 Å². The Labute approximate surface area is 114 Å². The van der Waals surface area contributed by atoms with Gasteiger partial charge in [0, 0.05) is 12.4 Å². The molecule has 1 N–H and O–H groups in total. The molecule has 0 aliphatic heterocycles. The molecule has 2 aromatic rings. The van der Waals surface area contributed by atoms with Crippen molar-refractivity contribution in [2.75, 3.05) is 0 Å². The van der Waals surface area contributed by atoms with E-state index >= 15 is 0 Å². The molecule has 1 aromatic carbocycles. The van der Waals surface area contributed by atoms with E-state index in [1.54, 1.807) is 12.4 Å². The van der Waals surface area contributed by atoms with Crippen LogP contribution in [0.1, 0.15) is 37.9 Å². The molecule has 3 nitrogen and oxygen atoms in total. The standard InChI is InChI=1S/C16H20N2O/c1-16(2,3)19-18-15(13-7-5-4-6-8-13)14-9-11-17-12-10-14/h4-12,15,18H,1-3H3. The summed E-state index contributed by atoms with van der Waals surface area (Å²) in [5.74, 6) is 0. The number of hydrogen-bond acceptors (Lipinski definition) is 3. The molecule has 1 aromatic heterocycles. The highest BCUT2D eigenvalue weighted by Crippen LogP contribution is 2.22. The number of hydroxylamine groups is 1. The summed E-state index contributed by atoms with van der Waals surface area (Å²) in [6.07, 6.45) is 3.59. The van der Waals surface area contributed by atoms with Crippen molar-refractivity contribution in [3.05, 3.63) is 66.0 Å². The molecule has 1 unspecified atom stereocenters. The first kappa shape index (κ1) is 13.7. The molecule has 0 saturated heterocycles. The summed E-state index contributed by atoms with van der Waals surface area (Å²) in [6.45, 7) is 6.07. The summed E-state index contributed by atoms with van der Waals surface area (Å²) >= 11 is 0. The van der Waals surface area contributed by atoms with Crippen LogP contribution in [0, 0.1) is 0 Å². The maximum atomic E-state index is 5.73. The maximum Gasteiger partial charge on any atom is 0.0823 e. The highest BCUT2D eigenvalue weighted by Gasteiger charge is 2.18. The van der Waals surface area contributed by atoms with Gasteiger partial charge in [-0.05, 0) is 44.0 Å². The maximum absolute atomic E-state index is 5.73. The molecule has 0 fully saturated rings. The summed E-state index contributed by atoms with van der Waals surface area (Å²) < 4.78 is 0. The van der Waals surface area contributed by atoms with Gasteiger partial charge in [0.15, 0.2) is 0 Å². The zero-order valence-electron chi connectivity index (χ0n) is 11.6. The largest absolute Gasteiger partial charge is 0.295 e. The van der Waals surface area contributed by atoms with Crippen LogP contribution in [0.15, 0.2) is 54.9 Å². The van der Waals surface area contributed by atoms with Crippen LogP contribution in [-0.4, -0.2) is 10.6 Å². The second kappa shape index (κ2) is 5.95. The fraction of sp³-hybridized carbons (Fsp3) is 0.312. The lowest BCUT2D eigenvalue weighted by Gasteiger charge is -2.25. The molecule has 1 atom stereocenters. The fourth-order valence-electron chi connectivity index (χ4n) is 1.77. The minimum Gasteiger partial charge on any atom is -0.295 e. The van der Waals surface area contributed by atoms with Crippen LogP contribution >= 0.6 is 0 Å². The summed E-state index contributed by atoms with van der Waals surface area (Å²) in [6, 6.07) is 14.2. The molecule has 0 spiro atoms. The van der Waals surface area contributed by atoms with Crippen molar-refractivity contribution in [2.24, 2.45) is 0 Å². The van der Waals surface area contributed by atoms with Crippen molar-refractivity contribution < 1.29 is 4.84 Å². The third-order valence-corrected chi connectivity index (χ3v) is 2.66. The summed E-state index contributed by atoms with van der Waals surface area (Å²) in [5.41, 5.74) is 5.22. The summed E-state index contributed by atoms with van der Waals surface area (Å²) in [7, 11) is 0. The van der Waals surface area contributed by atoms with E-state index in [4.69, 9.17) is 4.84 Å². The number of nitrogens with zero attached hydrogens (tertiary/aromatic N) is 1. The Morgan fingerprint density at radius 3 is 2.11 bits per heavy atom. The second-order valence-corrected chi connectivity index (χ2v) is 5.46. The molecule has 0 radical (unpaired) electrons. The Bertz CT molecular complexity index is 452. The van der Waals surface area contributed by atoms with Crippen LogP contribution in [0.2, 0.25) is 0 Å². The van der Waals surface area contributed by atoms with Crippen LogP contribution in [0.25, 0.3) is 0 Å².